The van der Waals surface area contributed by atoms with E-state index in [1.165, 1.54) is 12.8 Å². The minimum atomic E-state index is -0.138. The first-order valence-corrected chi connectivity index (χ1v) is 4.45. The van der Waals surface area contributed by atoms with Crippen molar-refractivity contribution in [2.24, 2.45) is 5.92 Å². The fraction of sp³-hybridized carbons (Fsp3) is 0.875. The lowest BCUT2D eigenvalue weighted by atomic mass is 10.2. The molecule has 0 aromatic carbocycles. The Kier molecular flexibility index (Phi) is 2.02. The highest BCUT2D eigenvalue weighted by Gasteiger charge is 2.33. The maximum atomic E-state index is 11.1. The van der Waals surface area contributed by atoms with Gasteiger partial charge in [0.05, 0.1) is 6.61 Å². The summed E-state index contributed by atoms with van der Waals surface area (Å²) >= 11 is 0. The van der Waals surface area contributed by atoms with Crippen LogP contribution in [-0.2, 0) is 9.63 Å². The second-order valence-corrected chi connectivity index (χ2v) is 3.62. The summed E-state index contributed by atoms with van der Waals surface area (Å²) in [5.74, 6) is 0.737. The van der Waals surface area contributed by atoms with Crippen molar-refractivity contribution >= 4 is 5.91 Å². The number of amides is 1. The standard InChI is InChI=1S/C8H14N2O2/c1-5(6-2-3-6)9-7-4-12-10-8(7)11/h5-7,9H,2-4H2,1H3,(H,10,11). The van der Waals surface area contributed by atoms with Crippen molar-refractivity contribution in [2.75, 3.05) is 6.61 Å². The van der Waals surface area contributed by atoms with Gasteiger partial charge in [-0.1, -0.05) is 0 Å². The topological polar surface area (TPSA) is 50.4 Å². The third kappa shape index (κ3) is 1.59. The van der Waals surface area contributed by atoms with E-state index in [0.717, 1.165) is 5.92 Å². The van der Waals surface area contributed by atoms with Crippen LogP contribution < -0.4 is 10.8 Å². The molecular formula is C8H14N2O2. The molecule has 0 bridgehead atoms. The van der Waals surface area contributed by atoms with Crippen molar-refractivity contribution in [3.8, 4) is 0 Å². The number of carbonyl (C=O) groups is 1. The Bertz CT molecular complexity index is 191. The highest BCUT2D eigenvalue weighted by atomic mass is 16.7. The van der Waals surface area contributed by atoms with E-state index in [9.17, 15) is 4.79 Å². The van der Waals surface area contributed by atoms with Crippen LogP contribution in [0.4, 0.5) is 0 Å². The third-order valence-electron chi connectivity index (χ3n) is 2.53. The number of rotatable bonds is 3. The summed E-state index contributed by atoms with van der Waals surface area (Å²) < 4.78 is 0. The van der Waals surface area contributed by atoms with E-state index in [-0.39, 0.29) is 11.9 Å². The molecule has 1 aliphatic carbocycles. The predicted octanol–water partition coefficient (Wildman–Crippen LogP) is -0.196. The van der Waals surface area contributed by atoms with Gasteiger partial charge in [-0.25, -0.2) is 5.48 Å². The van der Waals surface area contributed by atoms with Crippen LogP contribution in [0.5, 0.6) is 0 Å². The maximum absolute atomic E-state index is 11.1. The molecule has 2 rings (SSSR count). The van der Waals surface area contributed by atoms with E-state index >= 15 is 0 Å². The molecule has 0 aromatic rings. The molecule has 2 fully saturated rings. The summed E-state index contributed by atoms with van der Waals surface area (Å²) in [6.45, 7) is 2.58. The summed E-state index contributed by atoms with van der Waals surface area (Å²) in [6.07, 6.45) is 2.59. The van der Waals surface area contributed by atoms with Gasteiger partial charge in [-0.15, -0.1) is 0 Å². The van der Waals surface area contributed by atoms with Gasteiger partial charge in [0.2, 0.25) is 0 Å². The van der Waals surface area contributed by atoms with Crippen LogP contribution in [0.1, 0.15) is 19.8 Å². The molecule has 1 saturated carbocycles. The highest BCUT2D eigenvalue weighted by molar-refractivity contribution is 5.82. The predicted molar refractivity (Wildman–Crippen MR) is 43.2 cm³/mol. The summed E-state index contributed by atoms with van der Waals surface area (Å²) in [5, 5.41) is 3.25. The molecule has 1 aliphatic heterocycles. The Balaban J connectivity index is 1.80. The van der Waals surface area contributed by atoms with Gasteiger partial charge >= 0.3 is 0 Å². The van der Waals surface area contributed by atoms with Gasteiger partial charge in [0, 0.05) is 6.04 Å². The first kappa shape index (κ1) is 8.01. The Morgan fingerprint density at radius 1 is 1.67 bits per heavy atom. The quantitative estimate of drug-likeness (QED) is 0.617. The van der Waals surface area contributed by atoms with Crippen LogP contribution >= 0.6 is 0 Å². The van der Waals surface area contributed by atoms with Gasteiger partial charge < -0.3 is 5.32 Å². The van der Waals surface area contributed by atoms with E-state index < -0.39 is 0 Å². The van der Waals surface area contributed by atoms with Crippen molar-refractivity contribution in [2.45, 2.75) is 31.8 Å². The minimum absolute atomic E-state index is 0.0394. The zero-order valence-electron chi connectivity index (χ0n) is 7.17. The van der Waals surface area contributed by atoms with Gasteiger partial charge in [-0.2, -0.15) is 0 Å². The normalized spacial score (nSPS) is 31.8. The number of carbonyl (C=O) groups excluding carboxylic acids is 1. The molecule has 4 heteroatoms. The Hall–Kier alpha value is -0.610. The summed E-state index contributed by atoms with van der Waals surface area (Å²) in [4.78, 5) is 15.9. The second-order valence-electron chi connectivity index (χ2n) is 3.62. The van der Waals surface area contributed by atoms with E-state index in [2.05, 4.69) is 17.7 Å². The lowest BCUT2D eigenvalue weighted by Crippen LogP contribution is -2.43. The molecule has 0 radical (unpaired) electrons. The van der Waals surface area contributed by atoms with Crippen molar-refractivity contribution in [3.63, 3.8) is 0 Å². The SMILES string of the molecule is CC(NC1CONC1=O)C1CC1. The van der Waals surface area contributed by atoms with E-state index in [1.54, 1.807) is 0 Å². The molecule has 1 saturated heterocycles. The maximum Gasteiger partial charge on any atom is 0.263 e. The average Bonchev–Trinajstić information content (AvgIpc) is 2.80. The molecule has 2 N–H and O–H groups in total. The molecule has 68 valence electrons. The molecule has 0 aromatic heterocycles. The first-order valence-electron chi connectivity index (χ1n) is 4.45. The number of hydrogen-bond donors (Lipinski definition) is 2. The van der Waals surface area contributed by atoms with Gasteiger partial charge in [0.1, 0.15) is 6.04 Å². The zero-order chi connectivity index (χ0) is 8.55. The van der Waals surface area contributed by atoms with Crippen LogP contribution in [0, 0.1) is 5.92 Å². The van der Waals surface area contributed by atoms with Crippen molar-refractivity contribution in [3.05, 3.63) is 0 Å². The van der Waals surface area contributed by atoms with Gasteiger partial charge in [0.15, 0.2) is 0 Å². The minimum Gasteiger partial charge on any atom is -0.301 e. The van der Waals surface area contributed by atoms with Crippen molar-refractivity contribution < 1.29 is 9.63 Å². The lowest BCUT2D eigenvalue weighted by Gasteiger charge is -2.15. The van der Waals surface area contributed by atoms with Gasteiger partial charge in [-0.3, -0.25) is 9.63 Å². The molecule has 2 atom stereocenters. The number of nitrogens with one attached hydrogen (secondary N) is 2. The van der Waals surface area contributed by atoms with Crippen LogP contribution in [0.2, 0.25) is 0 Å². The second kappa shape index (κ2) is 3.03. The largest absolute Gasteiger partial charge is 0.301 e. The number of hydroxylamine groups is 1. The highest BCUT2D eigenvalue weighted by Crippen LogP contribution is 2.32. The summed E-state index contributed by atoms with van der Waals surface area (Å²) in [7, 11) is 0. The first-order chi connectivity index (χ1) is 5.77. The average molecular weight is 170 g/mol. The van der Waals surface area contributed by atoms with Crippen LogP contribution in [0.15, 0.2) is 0 Å². The fourth-order valence-corrected chi connectivity index (χ4v) is 1.52. The van der Waals surface area contributed by atoms with Crippen LogP contribution in [-0.4, -0.2) is 24.6 Å². The summed E-state index contributed by atoms with van der Waals surface area (Å²) in [5.41, 5.74) is 2.33. The molecule has 12 heavy (non-hydrogen) atoms. The third-order valence-corrected chi connectivity index (χ3v) is 2.53. The van der Waals surface area contributed by atoms with Crippen molar-refractivity contribution in [1.82, 2.24) is 10.8 Å². The van der Waals surface area contributed by atoms with Crippen LogP contribution in [0.25, 0.3) is 0 Å². The Morgan fingerprint density at radius 3 is 2.92 bits per heavy atom. The lowest BCUT2D eigenvalue weighted by molar-refractivity contribution is -0.125. The zero-order valence-corrected chi connectivity index (χ0v) is 7.17. The van der Waals surface area contributed by atoms with Gasteiger partial charge in [-0.05, 0) is 25.7 Å². The van der Waals surface area contributed by atoms with E-state index in [4.69, 9.17) is 4.84 Å². The van der Waals surface area contributed by atoms with E-state index in [1.807, 2.05) is 0 Å². The molecule has 0 spiro atoms. The smallest absolute Gasteiger partial charge is 0.263 e. The molecule has 2 aliphatic rings. The molecule has 4 nitrogen and oxygen atoms in total. The van der Waals surface area contributed by atoms with Crippen molar-refractivity contribution in [1.29, 1.82) is 0 Å². The van der Waals surface area contributed by atoms with Gasteiger partial charge in [0.25, 0.3) is 5.91 Å². The van der Waals surface area contributed by atoms with E-state index in [0.29, 0.717) is 12.6 Å². The Morgan fingerprint density at radius 2 is 2.42 bits per heavy atom. The molecule has 1 amide bonds. The number of hydrogen-bond acceptors (Lipinski definition) is 3. The molecular weight excluding hydrogens is 156 g/mol. The van der Waals surface area contributed by atoms with Crippen LogP contribution in [0.3, 0.4) is 0 Å². The fourth-order valence-electron chi connectivity index (χ4n) is 1.52. The molecule has 2 unspecified atom stereocenters. The summed E-state index contributed by atoms with van der Waals surface area (Å²) in [6, 6.07) is 0.308. The molecule has 1 heterocycles. The Labute approximate surface area is 71.6 Å². The monoisotopic (exact) mass is 170 g/mol.